The molecule has 2 amide bonds. The SMILES string of the molecule is CN(C)C(=O)c1cccc(-c2ccc(C3[C@@H]4CN(C(=O)c5ccccn5)C[C@H]3N4)cc2)c1. The lowest BCUT2D eigenvalue weighted by atomic mass is 9.74. The van der Waals surface area contributed by atoms with Gasteiger partial charge in [0.25, 0.3) is 11.8 Å². The smallest absolute Gasteiger partial charge is 0.272 e. The molecule has 6 heteroatoms. The van der Waals surface area contributed by atoms with E-state index in [1.807, 2.05) is 41.3 Å². The first kappa shape index (κ1) is 20.4. The van der Waals surface area contributed by atoms with E-state index in [1.54, 1.807) is 31.3 Å². The van der Waals surface area contributed by atoms with Crippen LogP contribution in [0, 0.1) is 0 Å². The lowest BCUT2D eigenvalue weighted by molar-refractivity contribution is 0.0362. The van der Waals surface area contributed by atoms with Crippen molar-refractivity contribution in [2.45, 2.75) is 18.0 Å². The predicted molar refractivity (Wildman–Crippen MR) is 123 cm³/mol. The average molecular weight is 427 g/mol. The molecule has 4 heterocycles. The third-order valence-corrected chi connectivity index (χ3v) is 6.45. The van der Waals surface area contributed by atoms with E-state index in [0.29, 0.717) is 30.3 Å². The molecule has 162 valence electrons. The van der Waals surface area contributed by atoms with E-state index in [-0.39, 0.29) is 23.9 Å². The molecule has 2 aromatic carbocycles. The van der Waals surface area contributed by atoms with Gasteiger partial charge in [0.1, 0.15) is 5.69 Å². The maximum Gasteiger partial charge on any atom is 0.272 e. The number of hydrogen-bond acceptors (Lipinski definition) is 4. The van der Waals surface area contributed by atoms with Gasteiger partial charge < -0.3 is 15.1 Å². The zero-order valence-electron chi connectivity index (χ0n) is 18.2. The van der Waals surface area contributed by atoms with Gasteiger partial charge in [0.05, 0.1) is 0 Å². The van der Waals surface area contributed by atoms with E-state index in [0.717, 1.165) is 11.1 Å². The number of nitrogens with one attached hydrogen (secondary N) is 1. The average Bonchev–Trinajstić information content (AvgIpc) is 2.84. The normalized spacial score (nSPS) is 21.6. The zero-order valence-corrected chi connectivity index (χ0v) is 18.2. The van der Waals surface area contributed by atoms with Crippen molar-refractivity contribution in [3.63, 3.8) is 0 Å². The van der Waals surface area contributed by atoms with Crippen LogP contribution in [0.25, 0.3) is 11.1 Å². The summed E-state index contributed by atoms with van der Waals surface area (Å²) < 4.78 is 0. The number of amides is 2. The Bertz CT molecular complexity index is 1130. The van der Waals surface area contributed by atoms with Crippen LogP contribution in [0.15, 0.2) is 72.9 Å². The fourth-order valence-corrected chi connectivity index (χ4v) is 4.80. The predicted octanol–water partition coefficient (Wildman–Crippen LogP) is 3.03. The van der Waals surface area contributed by atoms with Gasteiger partial charge >= 0.3 is 0 Å². The molecule has 0 radical (unpaired) electrons. The largest absolute Gasteiger partial charge is 0.345 e. The number of fused-ring (bicyclic) bond motifs is 2. The summed E-state index contributed by atoms with van der Waals surface area (Å²) in [4.78, 5) is 32.7. The number of piperidine rings is 1. The van der Waals surface area contributed by atoms with E-state index in [9.17, 15) is 9.59 Å². The van der Waals surface area contributed by atoms with Gasteiger partial charge in [0.15, 0.2) is 0 Å². The maximum absolute atomic E-state index is 12.7. The number of piperazine rings is 1. The summed E-state index contributed by atoms with van der Waals surface area (Å²) in [7, 11) is 3.52. The second-order valence-corrected chi connectivity index (χ2v) is 8.73. The maximum atomic E-state index is 12.7. The Morgan fingerprint density at radius 1 is 0.938 bits per heavy atom. The topological polar surface area (TPSA) is 65.5 Å². The standard InChI is InChI=1S/C26H26N4O2/c1-29(2)25(31)20-7-5-6-19(14-20)17-9-11-18(12-10-17)24-22-15-30(16-23(24)28-22)26(32)21-8-3-4-13-27-21/h3-14,22-24,28H,15-16H2,1-2H3/t22-,23+,24?. The molecule has 32 heavy (non-hydrogen) atoms. The van der Waals surface area contributed by atoms with Gasteiger partial charge in [-0.25, -0.2) is 0 Å². The molecule has 6 nitrogen and oxygen atoms in total. The summed E-state index contributed by atoms with van der Waals surface area (Å²) in [6.07, 6.45) is 1.66. The van der Waals surface area contributed by atoms with Gasteiger partial charge in [-0.05, 0) is 41.0 Å². The van der Waals surface area contributed by atoms with E-state index in [4.69, 9.17) is 0 Å². The number of benzene rings is 2. The minimum atomic E-state index is 0.00152. The number of rotatable bonds is 4. The Labute approximate surface area is 187 Å². The number of pyridine rings is 1. The second kappa shape index (κ2) is 8.20. The summed E-state index contributed by atoms with van der Waals surface area (Å²) in [5.74, 6) is 0.406. The Kier molecular flexibility index (Phi) is 5.23. The minimum absolute atomic E-state index is 0.00152. The molecule has 0 aliphatic carbocycles. The molecular weight excluding hydrogens is 400 g/mol. The summed E-state index contributed by atoms with van der Waals surface area (Å²) in [5.41, 5.74) is 4.60. The van der Waals surface area contributed by atoms with Crippen LogP contribution in [-0.4, -0.2) is 65.9 Å². The van der Waals surface area contributed by atoms with Crippen LogP contribution in [0.2, 0.25) is 0 Å². The lowest BCUT2D eigenvalue weighted by Crippen LogP contribution is -2.72. The Morgan fingerprint density at radius 2 is 1.69 bits per heavy atom. The van der Waals surface area contributed by atoms with Crippen molar-refractivity contribution >= 4 is 11.8 Å². The lowest BCUT2D eigenvalue weighted by Gasteiger charge is -2.54. The molecule has 3 aliphatic heterocycles. The fraction of sp³-hybridized carbons (Fsp3) is 0.269. The molecule has 3 fully saturated rings. The van der Waals surface area contributed by atoms with Crippen LogP contribution in [0.5, 0.6) is 0 Å². The van der Waals surface area contributed by atoms with E-state index < -0.39 is 0 Å². The van der Waals surface area contributed by atoms with Gasteiger partial charge in [-0.15, -0.1) is 0 Å². The van der Waals surface area contributed by atoms with Gasteiger partial charge in [-0.2, -0.15) is 0 Å². The number of nitrogens with zero attached hydrogens (tertiary/aromatic N) is 3. The molecule has 1 aromatic heterocycles. The van der Waals surface area contributed by atoms with Gasteiger partial charge in [0.2, 0.25) is 0 Å². The number of aromatic nitrogens is 1. The van der Waals surface area contributed by atoms with Gasteiger partial charge in [0, 0.05) is 56.9 Å². The van der Waals surface area contributed by atoms with E-state index in [2.05, 4.69) is 34.6 Å². The van der Waals surface area contributed by atoms with Crippen molar-refractivity contribution in [2.75, 3.05) is 27.2 Å². The third kappa shape index (κ3) is 3.67. The van der Waals surface area contributed by atoms with Gasteiger partial charge in [-0.3, -0.25) is 14.6 Å². The molecule has 0 saturated carbocycles. The summed E-state index contributed by atoms with van der Waals surface area (Å²) in [5, 5.41) is 3.58. The highest BCUT2D eigenvalue weighted by atomic mass is 16.2. The highest BCUT2D eigenvalue weighted by Gasteiger charge is 2.48. The zero-order chi connectivity index (χ0) is 22.2. The van der Waals surface area contributed by atoms with Crippen LogP contribution in [0.4, 0.5) is 0 Å². The van der Waals surface area contributed by atoms with Crippen LogP contribution >= 0.6 is 0 Å². The minimum Gasteiger partial charge on any atom is -0.345 e. The van der Waals surface area contributed by atoms with Crippen molar-refractivity contribution in [1.29, 1.82) is 0 Å². The van der Waals surface area contributed by atoms with Crippen LogP contribution in [-0.2, 0) is 0 Å². The van der Waals surface area contributed by atoms with Crippen LogP contribution < -0.4 is 5.32 Å². The summed E-state index contributed by atoms with van der Waals surface area (Å²) in [6.45, 7) is 1.38. The summed E-state index contributed by atoms with van der Waals surface area (Å²) >= 11 is 0. The molecule has 3 atom stereocenters. The van der Waals surface area contributed by atoms with Gasteiger partial charge in [-0.1, -0.05) is 42.5 Å². The molecule has 1 N–H and O–H groups in total. The highest BCUT2D eigenvalue weighted by molar-refractivity contribution is 5.95. The Morgan fingerprint density at radius 3 is 2.34 bits per heavy atom. The van der Waals surface area contributed by atoms with E-state index >= 15 is 0 Å². The molecule has 6 rings (SSSR count). The highest BCUT2D eigenvalue weighted by Crippen LogP contribution is 2.38. The molecule has 3 aromatic rings. The van der Waals surface area contributed by atoms with E-state index in [1.165, 1.54) is 5.56 Å². The van der Waals surface area contributed by atoms with Crippen LogP contribution in [0.3, 0.4) is 0 Å². The monoisotopic (exact) mass is 426 g/mol. The number of carbonyl (C=O) groups excluding carboxylic acids is 2. The molecule has 1 unspecified atom stereocenters. The van der Waals surface area contributed by atoms with Crippen molar-refractivity contribution in [2.24, 2.45) is 0 Å². The molecule has 2 bridgehead atoms. The quantitative estimate of drug-likeness (QED) is 0.697. The molecule has 0 spiro atoms. The fourth-order valence-electron chi connectivity index (χ4n) is 4.80. The summed E-state index contributed by atoms with van der Waals surface area (Å²) in [6, 6.07) is 22.3. The van der Waals surface area contributed by atoms with Crippen LogP contribution in [0.1, 0.15) is 32.3 Å². The Balaban J connectivity index is 1.29. The first-order valence-corrected chi connectivity index (χ1v) is 10.9. The van der Waals surface area contributed by atoms with Crippen molar-refractivity contribution in [1.82, 2.24) is 20.1 Å². The molecular formula is C26H26N4O2. The number of hydrogen-bond donors (Lipinski definition) is 1. The number of carbonyl (C=O) groups is 2. The van der Waals surface area contributed by atoms with Crippen molar-refractivity contribution in [3.05, 3.63) is 89.7 Å². The Hall–Kier alpha value is -3.51. The van der Waals surface area contributed by atoms with Crippen molar-refractivity contribution < 1.29 is 9.59 Å². The first-order chi connectivity index (χ1) is 15.5. The first-order valence-electron chi connectivity index (χ1n) is 10.9. The third-order valence-electron chi connectivity index (χ3n) is 6.45. The molecule has 3 saturated heterocycles. The molecule has 3 aliphatic rings. The second-order valence-electron chi connectivity index (χ2n) is 8.73. The van der Waals surface area contributed by atoms with Crippen molar-refractivity contribution in [3.8, 4) is 11.1 Å².